The van der Waals surface area contributed by atoms with Gasteiger partial charge in [-0.1, -0.05) is 19.9 Å². The molecule has 0 saturated carbocycles. The van der Waals surface area contributed by atoms with Crippen molar-refractivity contribution in [2.75, 3.05) is 16.2 Å². The molecule has 1 aliphatic heterocycles. The Morgan fingerprint density at radius 2 is 2.11 bits per heavy atom. The van der Waals surface area contributed by atoms with E-state index in [9.17, 15) is 22.7 Å². The molecule has 2 heterocycles. The summed E-state index contributed by atoms with van der Waals surface area (Å²) < 4.78 is 40.4. The average Bonchev–Trinajstić information content (AvgIpc) is 2.85. The zero-order valence-corrected chi connectivity index (χ0v) is 15.5. The Kier molecular flexibility index (Phi) is 4.92. The molecule has 3 rings (SSSR count). The van der Waals surface area contributed by atoms with Crippen molar-refractivity contribution in [2.45, 2.75) is 26.3 Å². The maximum Gasteiger partial charge on any atom is 0.326 e. The van der Waals surface area contributed by atoms with Crippen LogP contribution >= 0.6 is 0 Å². The molecule has 0 radical (unpaired) electrons. The van der Waals surface area contributed by atoms with Crippen LogP contribution in [0.5, 0.6) is 5.75 Å². The van der Waals surface area contributed by atoms with Gasteiger partial charge in [-0.3, -0.25) is 4.79 Å². The highest BCUT2D eigenvalue weighted by atomic mass is 32.2. The number of aromatic nitrogens is 1. The summed E-state index contributed by atoms with van der Waals surface area (Å²) in [5.41, 5.74) is 0.916. The van der Waals surface area contributed by atoms with Crippen LogP contribution < -0.4 is 14.3 Å². The van der Waals surface area contributed by atoms with Gasteiger partial charge in [0, 0.05) is 12.7 Å². The standard InChI is InChI=1S/C17H19FN4O4S/c1-10(2)12-3-4-15(20-8-12)19-7-11-5-13(18)17(14(23)6-11)22-9-16(24)21-27(22,25)26/h3-6,8,10,23H,7,9H2,1-2H3,(H,19,20)(H,21,24). The fourth-order valence-electron chi connectivity index (χ4n) is 2.68. The van der Waals surface area contributed by atoms with E-state index in [1.165, 1.54) is 6.07 Å². The lowest BCUT2D eigenvalue weighted by Crippen LogP contribution is -2.30. The molecule has 0 aliphatic carbocycles. The number of aromatic hydroxyl groups is 1. The third-order valence-corrected chi connectivity index (χ3v) is 5.48. The summed E-state index contributed by atoms with van der Waals surface area (Å²) in [7, 11) is -4.21. The summed E-state index contributed by atoms with van der Waals surface area (Å²) >= 11 is 0. The molecule has 2 aromatic rings. The van der Waals surface area contributed by atoms with Gasteiger partial charge in [0.05, 0.1) is 0 Å². The fraction of sp³-hybridized carbons (Fsp3) is 0.294. The van der Waals surface area contributed by atoms with Crippen LogP contribution in [0.4, 0.5) is 15.9 Å². The largest absolute Gasteiger partial charge is 0.506 e. The minimum Gasteiger partial charge on any atom is -0.506 e. The second kappa shape index (κ2) is 7.03. The molecule has 27 heavy (non-hydrogen) atoms. The number of hydrogen-bond donors (Lipinski definition) is 3. The summed E-state index contributed by atoms with van der Waals surface area (Å²) in [6.45, 7) is 3.70. The van der Waals surface area contributed by atoms with Gasteiger partial charge in [0.2, 0.25) is 0 Å². The van der Waals surface area contributed by atoms with Gasteiger partial charge in [0.1, 0.15) is 23.8 Å². The Morgan fingerprint density at radius 1 is 1.37 bits per heavy atom. The molecule has 1 aromatic carbocycles. The minimum absolute atomic E-state index is 0.169. The highest BCUT2D eigenvalue weighted by Crippen LogP contribution is 2.34. The summed E-state index contributed by atoms with van der Waals surface area (Å²) in [6, 6.07) is 6.08. The zero-order valence-electron chi connectivity index (χ0n) is 14.7. The SMILES string of the molecule is CC(C)c1ccc(NCc2cc(O)c(N3CC(=O)NS3(=O)=O)c(F)c2)nc1. The molecule has 1 aliphatic rings. The first kappa shape index (κ1) is 18.9. The number of phenolic OH excluding ortho intramolecular Hbond substituents is 1. The molecule has 10 heteroatoms. The van der Waals surface area contributed by atoms with Crippen LogP contribution in [0.3, 0.4) is 0 Å². The second-order valence-corrected chi connectivity index (χ2v) is 8.06. The molecule has 0 bridgehead atoms. The number of phenols is 1. The Morgan fingerprint density at radius 3 is 2.63 bits per heavy atom. The maximum atomic E-state index is 14.5. The molecule has 0 spiro atoms. The molecular formula is C17H19FN4O4S. The van der Waals surface area contributed by atoms with Crippen LogP contribution in [0.15, 0.2) is 30.5 Å². The predicted molar refractivity (Wildman–Crippen MR) is 98.1 cm³/mol. The van der Waals surface area contributed by atoms with Crippen molar-refractivity contribution >= 4 is 27.6 Å². The van der Waals surface area contributed by atoms with E-state index in [1.54, 1.807) is 17.0 Å². The van der Waals surface area contributed by atoms with Gasteiger partial charge in [-0.15, -0.1) is 0 Å². The molecule has 0 atom stereocenters. The second-order valence-electron chi connectivity index (χ2n) is 6.47. The molecule has 144 valence electrons. The average molecular weight is 394 g/mol. The van der Waals surface area contributed by atoms with Gasteiger partial charge in [-0.2, -0.15) is 8.42 Å². The molecular weight excluding hydrogens is 375 g/mol. The number of nitrogens with one attached hydrogen (secondary N) is 2. The maximum absolute atomic E-state index is 14.5. The van der Waals surface area contributed by atoms with E-state index >= 15 is 0 Å². The van der Waals surface area contributed by atoms with E-state index in [2.05, 4.69) is 24.1 Å². The number of hydrogen-bond acceptors (Lipinski definition) is 6. The van der Waals surface area contributed by atoms with E-state index in [0.29, 0.717) is 21.6 Å². The van der Waals surface area contributed by atoms with E-state index in [1.807, 2.05) is 6.07 Å². The van der Waals surface area contributed by atoms with Crippen molar-refractivity contribution in [1.82, 2.24) is 9.71 Å². The Bertz CT molecular complexity index is 954. The van der Waals surface area contributed by atoms with Crippen molar-refractivity contribution < 1.29 is 22.7 Å². The number of rotatable bonds is 5. The lowest BCUT2D eigenvalue weighted by molar-refractivity contribution is -0.117. The fourth-order valence-corrected chi connectivity index (χ4v) is 3.85. The van der Waals surface area contributed by atoms with Gasteiger partial charge in [-0.25, -0.2) is 18.4 Å². The summed E-state index contributed by atoms with van der Waals surface area (Å²) in [6.07, 6.45) is 1.75. The summed E-state index contributed by atoms with van der Waals surface area (Å²) in [4.78, 5) is 15.6. The minimum atomic E-state index is -4.21. The highest BCUT2D eigenvalue weighted by molar-refractivity contribution is 7.92. The number of carbonyl (C=O) groups excluding carboxylic acids is 1. The first-order valence-electron chi connectivity index (χ1n) is 8.22. The molecule has 3 N–H and O–H groups in total. The van der Waals surface area contributed by atoms with E-state index in [4.69, 9.17) is 0 Å². The van der Waals surface area contributed by atoms with E-state index in [0.717, 1.165) is 11.6 Å². The molecule has 1 fully saturated rings. The van der Waals surface area contributed by atoms with Crippen LogP contribution in [-0.4, -0.2) is 31.0 Å². The van der Waals surface area contributed by atoms with Crippen LogP contribution in [-0.2, 0) is 21.5 Å². The third-order valence-electron chi connectivity index (χ3n) is 4.10. The number of amides is 1. The van der Waals surface area contributed by atoms with Crippen LogP contribution in [0, 0.1) is 5.82 Å². The van der Waals surface area contributed by atoms with Gasteiger partial charge in [-0.05, 0) is 35.2 Å². The molecule has 1 saturated heterocycles. The lowest BCUT2D eigenvalue weighted by atomic mass is 10.1. The van der Waals surface area contributed by atoms with Crippen molar-refractivity contribution in [1.29, 1.82) is 0 Å². The summed E-state index contributed by atoms with van der Waals surface area (Å²) in [5.74, 6) is -1.38. The normalized spacial score (nSPS) is 15.9. The molecule has 8 nitrogen and oxygen atoms in total. The molecule has 1 aromatic heterocycles. The van der Waals surface area contributed by atoms with Gasteiger partial charge < -0.3 is 10.4 Å². The van der Waals surface area contributed by atoms with Crippen molar-refractivity contribution in [2.24, 2.45) is 0 Å². The Balaban J connectivity index is 1.78. The van der Waals surface area contributed by atoms with Gasteiger partial charge in [0.15, 0.2) is 5.82 Å². The number of carbonyl (C=O) groups is 1. The number of anilines is 2. The summed E-state index contributed by atoms with van der Waals surface area (Å²) in [5, 5.41) is 13.1. The number of nitrogens with zero attached hydrogens (tertiary/aromatic N) is 2. The topological polar surface area (TPSA) is 112 Å². The van der Waals surface area contributed by atoms with Crippen molar-refractivity contribution in [3.63, 3.8) is 0 Å². The first-order chi connectivity index (χ1) is 12.7. The van der Waals surface area contributed by atoms with Crippen LogP contribution in [0.25, 0.3) is 0 Å². The van der Waals surface area contributed by atoms with Crippen molar-refractivity contribution in [3.05, 3.63) is 47.4 Å². The lowest BCUT2D eigenvalue weighted by Gasteiger charge is -2.18. The van der Waals surface area contributed by atoms with Gasteiger partial charge >= 0.3 is 10.2 Å². The number of benzene rings is 1. The number of halogens is 1. The first-order valence-corrected chi connectivity index (χ1v) is 9.66. The van der Waals surface area contributed by atoms with Crippen LogP contribution in [0.1, 0.15) is 30.9 Å². The Hall–Kier alpha value is -2.88. The van der Waals surface area contributed by atoms with E-state index in [-0.39, 0.29) is 6.54 Å². The monoisotopic (exact) mass is 394 g/mol. The zero-order chi connectivity index (χ0) is 19.8. The smallest absolute Gasteiger partial charge is 0.326 e. The van der Waals surface area contributed by atoms with Crippen molar-refractivity contribution in [3.8, 4) is 5.75 Å². The third kappa shape index (κ3) is 3.95. The quantitative estimate of drug-likeness (QED) is 0.714. The predicted octanol–water partition coefficient (Wildman–Crippen LogP) is 1.84. The highest BCUT2D eigenvalue weighted by Gasteiger charge is 2.37. The molecule has 1 amide bonds. The van der Waals surface area contributed by atoms with Gasteiger partial charge in [0.25, 0.3) is 5.91 Å². The molecule has 0 unspecified atom stereocenters. The Labute approximate surface area is 156 Å². The number of pyridine rings is 1. The van der Waals surface area contributed by atoms with Crippen LogP contribution in [0.2, 0.25) is 0 Å². The van der Waals surface area contributed by atoms with E-state index < -0.39 is 39.9 Å².